The number of aliphatic hydroxyl groups is 1. The number of rotatable bonds is 5. The van der Waals surface area contributed by atoms with Gasteiger partial charge in [-0.15, -0.1) is 0 Å². The first-order chi connectivity index (χ1) is 7.33. The Balaban J connectivity index is 2.58. The second kappa shape index (κ2) is 6.81. The van der Waals surface area contributed by atoms with E-state index in [1.165, 1.54) is 32.1 Å². The van der Waals surface area contributed by atoms with Crippen molar-refractivity contribution in [3.05, 3.63) is 0 Å². The fraction of sp³-hybridized carbons (Fsp3) is 0.917. The van der Waals surface area contributed by atoms with Crippen molar-refractivity contribution in [3.63, 3.8) is 0 Å². The molecule has 0 radical (unpaired) electrons. The van der Waals surface area contributed by atoms with Crippen LogP contribution in [0.1, 0.15) is 45.4 Å². The molecular weight excluding hydrogens is 188 g/mol. The van der Waals surface area contributed by atoms with Crippen molar-refractivity contribution < 1.29 is 5.11 Å². The minimum atomic E-state index is -0.0137. The Morgan fingerprint density at radius 3 is 2.53 bits per heavy atom. The molecule has 0 bridgehead atoms. The van der Waals surface area contributed by atoms with Gasteiger partial charge in [-0.3, -0.25) is 4.90 Å². The summed E-state index contributed by atoms with van der Waals surface area (Å²) in [5, 5.41) is 18.1. The minimum Gasteiger partial charge on any atom is -0.395 e. The molecule has 1 saturated carbocycles. The third kappa shape index (κ3) is 3.48. The zero-order valence-electron chi connectivity index (χ0n) is 9.65. The third-order valence-electron chi connectivity index (χ3n) is 3.34. The number of nitriles is 1. The molecule has 0 spiro atoms. The Morgan fingerprint density at radius 2 is 2.07 bits per heavy atom. The van der Waals surface area contributed by atoms with E-state index in [1.807, 2.05) is 6.92 Å². The molecule has 3 heteroatoms. The lowest BCUT2D eigenvalue weighted by atomic mass is 9.93. The van der Waals surface area contributed by atoms with Crippen LogP contribution in [-0.2, 0) is 0 Å². The Kier molecular flexibility index (Phi) is 5.67. The van der Waals surface area contributed by atoms with E-state index >= 15 is 0 Å². The van der Waals surface area contributed by atoms with Crippen LogP contribution in [0, 0.1) is 11.3 Å². The largest absolute Gasteiger partial charge is 0.395 e. The van der Waals surface area contributed by atoms with Gasteiger partial charge in [-0.1, -0.05) is 26.2 Å². The molecule has 0 aromatic heterocycles. The van der Waals surface area contributed by atoms with Crippen molar-refractivity contribution in [2.24, 2.45) is 0 Å². The van der Waals surface area contributed by atoms with Crippen LogP contribution in [0.15, 0.2) is 0 Å². The van der Waals surface area contributed by atoms with E-state index in [2.05, 4.69) is 11.0 Å². The summed E-state index contributed by atoms with van der Waals surface area (Å²) in [6.07, 6.45) is 7.11. The van der Waals surface area contributed by atoms with Crippen LogP contribution in [0.25, 0.3) is 0 Å². The van der Waals surface area contributed by atoms with Crippen LogP contribution in [0.2, 0.25) is 0 Å². The first-order valence-electron chi connectivity index (χ1n) is 6.09. The standard InChI is InChI=1S/C12H22N2O/c1-2-11(10-13)14(8-9-15)12-6-4-3-5-7-12/h11-12,15H,2-9H2,1H3. The van der Waals surface area contributed by atoms with Crippen molar-refractivity contribution in [2.45, 2.75) is 57.5 Å². The average Bonchev–Trinajstić information content (AvgIpc) is 2.30. The van der Waals surface area contributed by atoms with Crippen LogP contribution in [0.5, 0.6) is 0 Å². The molecule has 0 aromatic rings. The Labute approximate surface area is 92.7 Å². The molecule has 0 aromatic carbocycles. The van der Waals surface area contributed by atoms with Gasteiger partial charge in [-0.2, -0.15) is 5.26 Å². The maximum atomic E-state index is 9.08. The van der Waals surface area contributed by atoms with E-state index in [9.17, 15) is 0 Å². The molecule has 3 nitrogen and oxygen atoms in total. The Morgan fingerprint density at radius 1 is 1.40 bits per heavy atom. The van der Waals surface area contributed by atoms with E-state index < -0.39 is 0 Å². The van der Waals surface area contributed by atoms with Crippen molar-refractivity contribution in [2.75, 3.05) is 13.2 Å². The zero-order chi connectivity index (χ0) is 11.1. The average molecular weight is 210 g/mol. The molecule has 1 aliphatic carbocycles. The fourth-order valence-electron chi connectivity index (χ4n) is 2.52. The molecule has 1 atom stereocenters. The van der Waals surface area contributed by atoms with Gasteiger partial charge in [0, 0.05) is 12.6 Å². The van der Waals surface area contributed by atoms with Gasteiger partial charge < -0.3 is 5.11 Å². The van der Waals surface area contributed by atoms with Gasteiger partial charge in [0.05, 0.1) is 18.7 Å². The first kappa shape index (κ1) is 12.5. The molecule has 1 N–H and O–H groups in total. The lowest BCUT2D eigenvalue weighted by molar-refractivity contribution is 0.0995. The summed E-state index contributed by atoms with van der Waals surface area (Å²) in [5.41, 5.74) is 0. The summed E-state index contributed by atoms with van der Waals surface area (Å²) in [6, 6.07) is 2.86. The summed E-state index contributed by atoms with van der Waals surface area (Å²) in [4.78, 5) is 2.21. The van der Waals surface area contributed by atoms with Crippen LogP contribution in [0.3, 0.4) is 0 Å². The molecule has 86 valence electrons. The predicted molar refractivity (Wildman–Crippen MR) is 60.4 cm³/mol. The maximum absolute atomic E-state index is 9.08. The van der Waals surface area contributed by atoms with E-state index in [4.69, 9.17) is 10.4 Å². The number of hydrogen-bond acceptors (Lipinski definition) is 3. The molecule has 1 fully saturated rings. The highest BCUT2D eigenvalue weighted by Crippen LogP contribution is 2.24. The SMILES string of the molecule is CCC(C#N)N(CCO)C1CCCCC1. The summed E-state index contributed by atoms with van der Waals surface area (Å²) in [6.45, 7) is 2.85. The van der Waals surface area contributed by atoms with Gasteiger partial charge in [0.1, 0.15) is 0 Å². The first-order valence-corrected chi connectivity index (χ1v) is 6.09. The second-order valence-electron chi connectivity index (χ2n) is 4.31. The molecular formula is C12H22N2O. The maximum Gasteiger partial charge on any atom is 0.0978 e. The van der Waals surface area contributed by atoms with Gasteiger partial charge >= 0.3 is 0 Å². The molecule has 0 amide bonds. The number of nitrogens with zero attached hydrogens (tertiary/aromatic N) is 2. The highest BCUT2D eigenvalue weighted by Gasteiger charge is 2.25. The molecule has 1 aliphatic rings. The van der Waals surface area contributed by atoms with Gasteiger partial charge in [0.2, 0.25) is 0 Å². The van der Waals surface area contributed by atoms with Crippen LogP contribution in [-0.4, -0.2) is 35.2 Å². The highest BCUT2D eigenvalue weighted by atomic mass is 16.3. The summed E-state index contributed by atoms with van der Waals surface area (Å²) in [7, 11) is 0. The Hall–Kier alpha value is -0.590. The van der Waals surface area contributed by atoms with E-state index in [0.29, 0.717) is 12.6 Å². The summed E-state index contributed by atoms with van der Waals surface area (Å²) in [5.74, 6) is 0. The van der Waals surface area contributed by atoms with Crippen molar-refractivity contribution in [3.8, 4) is 6.07 Å². The monoisotopic (exact) mass is 210 g/mol. The van der Waals surface area contributed by atoms with Gasteiger partial charge in [0.15, 0.2) is 0 Å². The smallest absolute Gasteiger partial charge is 0.0978 e. The topological polar surface area (TPSA) is 47.3 Å². The molecule has 0 saturated heterocycles. The van der Waals surface area contributed by atoms with E-state index in [-0.39, 0.29) is 12.6 Å². The molecule has 0 aliphatic heterocycles. The summed E-state index contributed by atoms with van der Waals surface area (Å²) >= 11 is 0. The predicted octanol–water partition coefficient (Wildman–Crippen LogP) is 1.92. The van der Waals surface area contributed by atoms with Crippen LogP contribution < -0.4 is 0 Å². The van der Waals surface area contributed by atoms with Gasteiger partial charge in [0.25, 0.3) is 0 Å². The van der Waals surface area contributed by atoms with Crippen molar-refractivity contribution in [1.29, 1.82) is 5.26 Å². The minimum absolute atomic E-state index is 0.0137. The third-order valence-corrected chi connectivity index (χ3v) is 3.34. The zero-order valence-corrected chi connectivity index (χ0v) is 9.65. The molecule has 0 heterocycles. The summed E-state index contributed by atoms with van der Waals surface area (Å²) < 4.78 is 0. The number of hydrogen-bond donors (Lipinski definition) is 1. The van der Waals surface area contributed by atoms with Crippen LogP contribution in [0.4, 0.5) is 0 Å². The van der Waals surface area contributed by atoms with Crippen molar-refractivity contribution in [1.82, 2.24) is 4.90 Å². The quantitative estimate of drug-likeness (QED) is 0.754. The van der Waals surface area contributed by atoms with Crippen LogP contribution >= 0.6 is 0 Å². The fourth-order valence-corrected chi connectivity index (χ4v) is 2.52. The molecule has 15 heavy (non-hydrogen) atoms. The van der Waals surface area contributed by atoms with Gasteiger partial charge in [-0.05, 0) is 19.3 Å². The lowest BCUT2D eigenvalue weighted by Crippen LogP contribution is -2.44. The highest BCUT2D eigenvalue weighted by molar-refractivity contribution is 4.94. The van der Waals surface area contributed by atoms with Gasteiger partial charge in [-0.25, -0.2) is 0 Å². The second-order valence-corrected chi connectivity index (χ2v) is 4.31. The molecule has 1 unspecified atom stereocenters. The normalized spacial score (nSPS) is 20.1. The Bertz CT molecular complexity index is 206. The van der Waals surface area contributed by atoms with E-state index in [1.54, 1.807) is 0 Å². The lowest BCUT2D eigenvalue weighted by Gasteiger charge is -2.36. The number of aliphatic hydroxyl groups excluding tert-OH is 1. The molecule has 1 rings (SSSR count). The van der Waals surface area contributed by atoms with E-state index in [0.717, 1.165) is 6.42 Å². The van der Waals surface area contributed by atoms with Crippen molar-refractivity contribution >= 4 is 0 Å².